The summed E-state index contributed by atoms with van der Waals surface area (Å²) in [5.74, 6) is 0.249. The van der Waals surface area contributed by atoms with Gasteiger partial charge in [-0.1, -0.05) is 0 Å². The molecule has 2 saturated heterocycles. The van der Waals surface area contributed by atoms with Crippen LogP contribution in [-0.2, 0) is 19.6 Å². The summed E-state index contributed by atoms with van der Waals surface area (Å²) in [6.45, 7) is 2.58. The standard InChI is InChI=1S/C12H21ClN2O4S/c13-4-2-10-20(17,18)15-5-1-3-11(15)12(16)14-6-8-19-9-7-14/h11H,1-10H2. The fourth-order valence-corrected chi connectivity index (χ4v) is 4.69. The van der Waals surface area contributed by atoms with E-state index in [4.69, 9.17) is 16.3 Å². The number of amides is 1. The summed E-state index contributed by atoms with van der Waals surface area (Å²) in [5.41, 5.74) is 0. The molecule has 0 aromatic heterocycles. The topological polar surface area (TPSA) is 66.9 Å². The average Bonchev–Trinajstić information content (AvgIpc) is 2.95. The number of sulfonamides is 1. The first-order valence-corrected chi connectivity index (χ1v) is 9.12. The Hall–Kier alpha value is -0.370. The number of rotatable bonds is 5. The summed E-state index contributed by atoms with van der Waals surface area (Å²) in [4.78, 5) is 14.2. The molecule has 20 heavy (non-hydrogen) atoms. The number of nitrogens with zero attached hydrogens (tertiary/aromatic N) is 2. The zero-order valence-corrected chi connectivity index (χ0v) is 13.0. The van der Waals surface area contributed by atoms with Gasteiger partial charge in [0.15, 0.2) is 0 Å². The first-order valence-electron chi connectivity index (χ1n) is 6.98. The summed E-state index contributed by atoms with van der Waals surface area (Å²) in [6.07, 6.45) is 1.76. The van der Waals surface area contributed by atoms with Crippen molar-refractivity contribution in [2.45, 2.75) is 25.3 Å². The molecule has 116 valence electrons. The molecule has 2 heterocycles. The van der Waals surface area contributed by atoms with E-state index < -0.39 is 16.1 Å². The lowest BCUT2D eigenvalue weighted by molar-refractivity contribution is -0.138. The van der Waals surface area contributed by atoms with Crippen LogP contribution in [0.5, 0.6) is 0 Å². The summed E-state index contributed by atoms with van der Waals surface area (Å²) >= 11 is 5.56. The third-order valence-electron chi connectivity index (χ3n) is 3.70. The van der Waals surface area contributed by atoms with Crippen LogP contribution in [0.2, 0.25) is 0 Å². The molecule has 2 aliphatic heterocycles. The number of carbonyl (C=O) groups excluding carboxylic acids is 1. The van der Waals surface area contributed by atoms with Gasteiger partial charge in [0.2, 0.25) is 15.9 Å². The molecule has 2 aliphatic rings. The molecule has 1 amide bonds. The minimum absolute atomic E-state index is 0.0173. The van der Waals surface area contributed by atoms with E-state index in [0.717, 1.165) is 6.42 Å². The van der Waals surface area contributed by atoms with Crippen molar-refractivity contribution in [2.24, 2.45) is 0 Å². The predicted octanol–water partition coefficient (Wildman–Crippen LogP) is 0.268. The first-order chi connectivity index (χ1) is 9.56. The number of ether oxygens (including phenoxy) is 1. The first kappa shape index (κ1) is 16.0. The fourth-order valence-electron chi connectivity index (χ4n) is 2.67. The molecule has 8 heteroatoms. The Morgan fingerprint density at radius 1 is 1.25 bits per heavy atom. The molecule has 0 saturated carbocycles. The van der Waals surface area contributed by atoms with Gasteiger partial charge in [0.25, 0.3) is 0 Å². The normalized spacial score (nSPS) is 25.1. The quantitative estimate of drug-likeness (QED) is 0.681. The van der Waals surface area contributed by atoms with Crippen LogP contribution in [0.3, 0.4) is 0 Å². The Morgan fingerprint density at radius 2 is 1.95 bits per heavy atom. The summed E-state index contributed by atoms with van der Waals surface area (Å²) in [5, 5.41) is 0. The number of carbonyl (C=O) groups is 1. The SMILES string of the molecule is O=C(C1CCCN1S(=O)(=O)CCCCl)N1CCOCC1. The van der Waals surface area contributed by atoms with Crippen molar-refractivity contribution >= 4 is 27.5 Å². The summed E-state index contributed by atoms with van der Waals surface area (Å²) in [7, 11) is -3.38. The highest BCUT2D eigenvalue weighted by atomic mass is 35.5. The molecular weight excluding hydrogens is 304 g/mol. The van der Waals surface area contributed by atoms with Crippen molar-refractivity contribution in [3.8, 4) is 0 Å². The Bertz CT molecular complexity index is 437. The van der Waals surface area contributed by atoms with Gasteiger partial charge in [-0.2, -0.15) is 4.31 Å². The van der Waals surface area contributed by atoms with Crippen LogP contribution in [-0.4, -0.2) is 74.1 Å². The Labute approximate surface area is 125 Å². The molecule has 2 rings (SSSR count). The lowest BCUT2D eigenvalue weighted by Gasteiger charge is -2.32. The summed E-state index contributed by atoms with van der Waals surface area (Å²) < 4.78 is 31.1. The fraction of sp³-hybridized carbons (Fsp3) is 0.917. The van der Waals surface area contributed by atoms with Gasteiger partial charge in [-0.05, 0) is 19.3 Å². The lowest BCUT2D eigenvalue weighted by atomic mass is 10.2. The van der Waals surface area contributed by atoms with Gasteiger partial charge in [0, 0.05) is 25.5 Å². The van der Waals surface area contributed by atoms with Crippen LogP contribution in [0, 0.1) is 0 Å². The maximum absolute atomic E-state index is 12.5. The van der Waals surface area contributed by atoms with Gasteiger partial charge in [0.05, 0.1) is 19.0 Å². The van der Waals surface area contributed by atoms with E-state index in [1.807, 2.05) is 0 Å². The second-order valence-electron chi connectivity index (χ2n) is 5.06. The second kappa shape index (κ2) is 7.06. The van der Waals surface area contributed by atoms with Crippen LogP contribution in [0.25, 0.3) is 0 Å². The molecule has 0 aromatic rings. The molecule has 0 radical (unpaired) electrons. The number of hydrogen-bond acceptors (Lipinski definition) is 4. The van der Waals surface area contributed by atoms with Crippen molar-refractivity contribution in [1.82, 2.24) is 9.21 Å². The molecule has 0 spiro atoms. The zero-order valence-electron chi connectivity index (χ0n) is 11.5. The summed E-state index contributed by atoms with van der Waals surface area (Å²) in [6, 6.07) is -0.534. The zero-order chi connectivity index (χ0) is 14.6. The van der Waals surface area contributed by atoms with E-state index in [9.17, 15) is 13.2 Å². The molecule has 6 nitrogen and oxygen atoms in total. The molecule has 1 atom stereocenters. The van der Waals surface area contributed by atoms with Crippen LogP contribution in [0.4, 0.5) is 0 Å². The molecule has 0 aromatic carbocycles. The molecular formula is C12H21ClN2O4S. The van der Waals surface area contributed by atoms with Crippen molar-refractivity contribution in [3.05, 3.63) is 0 Å². The number of morpholine rings is 1. The number of halogens is 1. The second-order valence-corrected chi connectivity index (χ2v) is 7.48. The highest BCUT2D eigenvalue weighted by Gasteiger charge is 2.40. The lowest BCUT2D eigenvalue weighted by Crippen LogP contribution is -2.51. The van der Waals surface area contributed by atoms with Gasteiger partial charge in [-0.15, -0.1) is 11.6 Å². The van der Waals surface area contributed by atoms with E-state index in [2.05, 4.69) is 0 Å². The van der Waals surface area contributed by atoms with Gasteiger partial charge >= 0.3 is 0 Å². The highest BCUT2D eigenvalue weighted by molar-refractivity contribution is 7.89. The molecule has 0 bridgehead atoms. The van der Waals surface area contributed by atoms with E-state index in [1.54, 1.807) is 4.90 Å². The van der Waals surface area contributed by atoms with E-state index >= 15 is 0 Å². The Morgan fingerprint density at radius 3 is 2.60 bits per heavy atom. The van der Waals surface area contributed by atoms with Crippen LogP contribution in [0.1, 0.15) is 19.3 Å². The van der Waals surface area contributed by atoms with Crippen molar-refractivity contribution in [3.63, 3.8) is 0 Å². The van der Waals surface area contributed by atoms with E-state index in [1.165, 1.54) is 4.31 Å². The number of alkyl halides is 1. The smallest absolute Gasteiger partial charge is 0.241 e. The molecule has 1 unspecified atom stereocenters. The Balaban J connectivity index is 2.04. The minimum Gasteiger partial charge on any atom is -0.378 e. The van der Waals surface area contributed by atoms with Crippen molar-refractivity contribution < 1.29 is 17.9 Å². The minimum atomic E-state index is -3.38. The maximum atomic E-state index is 12.5. The van der Waals surface area contributed by atoms with Gasteiger partial charge in [-0.25, -0.2) is 8.42 Å². The monoisotopic (exact) mass is 324 g/mol. The van der Waals surface area contributed by atoms with E-state index in [-0.39, 0.29) is 11.7 Å². The predicted molar refractivity (Wildman–Crippen MR) is 76.3 cm³/mol. The maximum Gasteiger partial charge on any atom is 0.241 e. The average molecular weight is 325 g/mol. The van der Waals surface area contributed by atoms with Crippen LogP contribution < -0.4 is 0 Å². The largest absolute Gasteiger partial charge is 0.378 e. The Kier molecular flexibility index (Phi) is 5.65. The third-order valence-corrected chi connectivity index (χ3v) is 5.93. The van der Waals surface area contributed by atoms with Crippen molar-refractivity contribution in [2.75, 3.05) is 44.5 Å². The third kappa shape index (κ3) is 3.63. The van der Waals surface area contributed by atoms with Gasteiger partial charge < -0.3 is 9.64 Å². The van der Waals surface area contributed by atoms with Gasteiger partial charge in [-0.3, -0.25) is 4.79 Å². The van der Waals surface area contributed by atoms with Crippen LogP contribution >= 0.6 is 11.6 Å². The van der Waals surface area contributed by atoms with Crippen molar-refractivity contribution in [1.29, 1.82) is 0 Å². The van der Waals surface area contributed by atoms with E-state index in [0.29, 0.717) is 51.6 Å². The molecule has 2 fully saturated rings. The number of hydrogen-bond donors (Lipinski definition) is 0. The highest BCUT2D eigenvalue weighted by Crippen LogP contribution is 2.24. The van der Waals surface area contributed by atoms with Crippen LogP contribution in [0.15, 0.2) is 0 Å². The molecule has 0 N–H and O–H groups in total. The van der Waals surface area contributed by atoms with Gasteiger partial charge in [0.1, 0.15) is 6.04 Å². The molecule has 0 aliphatic carbocycles.